The maximum Gasteiger partial charge on any atom is 0.150 e. The molecule has 4 aromatic carbocycles. The lowest BCUT2D eigenvalue weighted by molar-refractivity contribution is 0.111. The van der Waals surface area contributed by atoms with Crippen LogP contribution in [0.3, 0.4) is 0 Å². The summed E-state index contributed by atoms with van der Waals surface area (Å²) in [6.45, 7) is 0. The van der Waals surface area contributed by atoms with E-state index in [-0.39, 0.29) is 0 Å². The fraction of sp³-hybridized carbons (Fsp3) is 0. The molecule has 26 heavy (non-hydrogen) atoms. The molecule has 0 saturated carbocycles. The van der Waals surface area contributed by atoms with Crippen LogP contribution in [0.4, 0.5) is 0 Å². The Morgan fingerprint density at radius 3 is 1.31 bits per heavy atom. The average molecular weight is 336 g/mol. The number of hydrogen-bond acceptors (Lipinski definition) is 2. The van der Waals surface area contributed by atoms with Gasteiger partial charge in [0.1, 0.15) is 12.6 Å². The van der Waals surface area contributed by atoms with E-state index in [9.17, 15) is 9.59 Å². The van der Waals surface area contributed by atoms with Crippen LogP contribution in [-0.2, 0) is 0 Å². The first-order chi connectivity index (χ1) is 12.8. The van der Waals surface area contributed by atoms with E-state index in [0.717, 1.165) is 45.6 Å². The molecule has 2 heteroatoms. The fourth-order valence-corrected chi connectivity index (χ4v) is 3.30. The Labute approximate surface area is 151 Å². The molecule has 0 spiro atoms. The number of aldehydes is 2. The second kappa shape index (κ2) is 6.77. The number of carbonyl (C=O) groups is 2. The van der Waals surface area contributed by atoms with Crippen LogP contribution in [-0.4, -0.2) is 12.6 Å². The van der Waals surface area contributed by atoms with Crippen molar-refractivity contribution in [3.05, 3.63) is 96.1 Å². The van der Waals surface area contributed by atoms with Crippen molar-refractivity contribution in [3.63, 3.8) is 0 Å². The largest absolute Gasteiger partial charge is 0.298 e. The molecule has 0 aromatic heterocycles. The molecule has 0 radical (unpaired) electrons. The van der Waals surface area contributed by atoms with E-state index >= 15 is 0 Å². The Morgan fingerprint density at radius 2 is 0.923 bits per heavy atom. The van der Waals surface area contributed by atoms with Crippen molar-refractivity contribution in [2.45, 2.75) is 0 Å². The Kier molecular flexibility index (Phi) is 4.16. The minimum atomic E-state index is 0.665. The van der Waals surface area contributed by atoms with Gasteiger partial charge in [0.2, 0.25) is 0 Å². The predicted octanol–water partition coefficient (Wildman–Crippen LogP) is 5.80. The van der Waals surface area contributed by atoms with E-state index < -0.39 is 0 Å². The maximum absolute atomic E-state index is 10.9. The highest BCUT2D eigenvalue weighted by Gasteiger charge is 2.10. The molecule has 0 aliphatic carbocycles. The van der Waals surface area contributed by atoms with Gasteiger partial charge < -0.3 is 0 Å². The predicted molar refractivity (Wildman–Crippen MR) is 106 cm³/mol. The molecule has 124 valence electrons. The molecule has 0 aliphatic rings. The van der Waals surface area contributed by atoms with Crippen LogP contribution in [0.15, 0.2) is 84.9 Å². The van der Waals surface area contributed by atoms with Gasteiger partial charge in [-0.15, -0.1) is 0 Å². The lowest BCUT2D eigenvalue weighted by Gasteiger charge is -2.13. The van der Waals surface area contributed by atoms with E-state index in [4.69, 9.17) is 0 Å². The smallest absolute Gasteiger partial charge is 0.150 e. The van der Waals surface area contributed by atoms with E-state index in [2.05, 4.69) is 24.3 Å². The normalized spacial score (nSPS) is 10.6. The minimum absolute atomic E-state index is 0.665. The highest BCUT2D eigenvalue weighted by molar-refractivity contribution is 6.06. The second-order valence-corrected chi connectivity index (χ2v) is 6.19. The number of fused-ring (bicyclic) bond motifs is 1. The first-order valence-corrected chi connectivity index (χ1v) is 8.43. The molecule has 0 amide bonds. The maximum atomic E-state index is 10.9. The fourth-order valence-electron chi connectivity index (χ4n) is 3.30. The molecule has 0 unspecified atom stereocenters. The van der Waals surface area contributed by atoms with Gasteiger partial charge in [0.15, 0.2) is 0 Å². The summed E-state index contributed by atoms with van der Waals surface area (Å²) >= 11 is 0. The summed E-state index contributed by atoms with van der Waals surface area (Å²) in [6, 6.07) is 27.7. The van der Waals surface area contributed by atoms with E-state index in [1.165, 1.54) is 0 Å². The summed E-state index contributed by atoms with van der Waals surface area (Å²) in [4.78, 5) is 21.9. The first kappa shape index (κ1) is 16.0. The number of benzene rings is 4. The minimum Gasteiger partial charge on any atom is -0.298 e. The molecule has 0 saturated heterocycles. The Morgan fingerprint density at radius 1 is 0.500 bits per heavy atom. The third kappa shape index (κ3) is 2.82. The quantitative estimate of drug-likeness (QED) is 0.441. The molecule has 4 rings (SSSR count). The summed E-state index contributed by atoms with van der Waals surface area (Å²) in [5, 5.41) is 2.31. The summed E-state index contributed by atoms with van der Waals surface area (Å²) in [5.41, 5.74) is 5.71. The molecule has 0 N–H and O–H groups in total. The van der Waals surface area contributed by atoms with Crippen LogP contribution in [0.1, 0.15) is 20.7 Å². The summed E-state index contributed by atoms with van der Waals surface area (Å²) < 4.78 is 0. The third-order valence-electron chi connectivity index (χ3n) is 4.62. The first-order valence-electron chi connectivity index (χ1n) is 8.43. The average Bonchev–Trinajstić information content (AvgIpc) is 2.73. The van der Waals surface area contributed by atoms with Crippen LogP contribution in [0.5, 0.6) is 0 Å². The highest BCUT2D eigenvalue weighted by Crippen LogP contribution is 2.36. The topological polar surface area (TPSA) is 34.1 Å². The van der Waals surface area contributed by atoms with Crippen molar-refractivity contribution in [3.8, 4) is 22.3 Å². The van der Waals surface area contributed by atoms with Crippen molar-refractivity contribution in [1.82, 2.24) is 0 Å². The SMILES string of the molecule is O=Cc1ccc(-c2cccc3cccc(-c4ccc(C=O)cc4)c23)cc1. The van der Waals surface area contributed by atoms with Gasteiger partial charge in [0, 0.05) is 11.1 Å². The number of rotatable bonds is 4. The van der Waals surface area contributed by atoms with Gasteiger partial charge in [-0.1, -0.05) is 84.9 Å². The zero-order valence-electron chi connectivity index (χ0n) is 14.1. The van der Waals surface area contributed by atoms with Crippen LogP contribution in [0, 0.1) is 0 Å². The Hall–Kier alpha value is -3.52. The third-order valence-corrected chi connectivity index (χ3v) is 4.62. The van der Waals surface area contributed by atoms with Crippen LogP contribution < -0.4 is 0 Å². The lowest BCUT2D eigenvalue weighted by Crippen LogP contribution is -1.88. The van der Waals surface area contributed by atoms with Crippen molar-refractivity contribution in [1.29, 1.82) is 0 Å². The van der Waals surface area contributed by atoms with E-state index in [0.29, 0.717) is 11.1 Å². The van der Waals surface area contributed by atoms with Crippen LogP contribution in [0.2, 0.25) is 0 Å². The molecule has 0 aliphatic heterocycles. The van der Waals surface area contributed by atoms with Gasteiger partial charge in [-0.05, 0) is 33.0 Å². The second-order valence-electron chi connectivity index (χ2n) is 6.19. The van der Waals surface area contributed by atoms with Crippen molar-refractivity contribution in [2.75, 3.05) is 0 Å². The number of carbonyl (C=O) groups excluding carboxylic acids is 2. The molecule has 2 nitrogen and oxygen atoms in total. The standard InChI is InChI=1S/C24H16O2/c25-15-17-7-11-19(12-8-17)22-5-1-3-21-4-2-6-23(24(21)22)20-13-9-18(16-26)10-14-20/h1-16H. The monoisotopic (exact) mass is 336 g/mol. The Bertz CT molecular complexity index is 1010. The molecular weight excluding hydrogens is 320 g/mol. The molecule has 0 bridgehead atoms. The van der Waals surface area contributed by atoms with Crippen molar-refractivity contribution >= 4 is 23.3 Å². The zero-order valence-corrected chi connectivity index (χ0v) is 14.1. The van der Waals surface area contributed by atoms with Crippen molar-refractivity contribution in [2.24, 2.45) is 0 Å². The summed E-state index contributed by atoms with van der Waals surface area (Å²) in [6.07, 6.45) is 1.71. The van der Waals surface area contributed by atoms with E-state index in [1.54, 1.807) is 0 Å². The summed E-state index contributed by atoms with van der Waals surface area (Å²) in [7, 11) is 0. The van der Waals surface area contributed by atoms with E-state index in [1.807, 2.05) is 60.7 Å². The summed E-state index contributed by atoms with van der Waals surface area (Å²) in [5.74, 6) is 0. The molecular formula is C24H16O2. The highest BCUT2D eigenvalue weighted by atomic mass is 16.1. The molecule has 0 fully saturated rings. The molecule has 0 heterocycles. The number of hydrogen-bond donors (Lipinski definition) is 0. The van der Waals surface area contributed by atoms with Gasteiger partial charge in [0.25, 0.3) is 0 Å². The van der Waals surface area contributed by atoms with Gasteiger partial charge in [-0.3, -0.25) is 9.59 Å². The van der Waals surface area contributed by atoms with Gasteiger partial charge in [0.05, 0.1) is 0 Å². The zero-order chi connectivity index (χ0) is 17.9. The lowest BCUT2D eigenvalue weighted by atomic mass is 9.91. The Balaban J connectivity index is 1.96. The van der Waals surface area contributed by atoms with Gasteiger partial charge >= 0.3 is 0 Å². The molecule has 4 aromatic rings. The van der Waals surface area contributed by atoms with Crippen LogP contribution in [0.25, 0.3) is 33.0 Å². The van der Waals surface area contributed by atoms with Gasteiger partial charge in [-0.25, -0.2) is 0 Å². The van der Waals surface area contributed by atoms with Crippen LogP contribution >= 0.6 is 0 Å². The van der Waals surface area contributed by atoms with Gasteiger partial charge in [-0.2, -0.15) is 0 Å². The van der Waals surface area contributed by atoms with Crippen molar-refractivity contribution < 1.29 is 9.59 Å². The molecule has 0 atom stereocenters.